The van der Waals surface area contributed by atoms with Gasteiger partial charge in [-0.2, -0.15) is 0 Å². The van der Waals surface area contributed by atoms with E-state index in [2.05, 4.69) is 10.6 Å². The quantitative estimate of drug-likeness (QED) is 0.829. The number of likely N-dealkylation sites (N-methyl/N-ethyl adjacent to an activating group) is 2. The van der Waals surface area contributed by atoms with Crippen molar-refractivity contribution in [3.8, 4) is 0 Å². The Hall–Kier alpha value is -0.640. The van der Waals surface area contributed by atoms with Crippen LogP contribution in [0, 0.1) is 12.7 Å². The average molecular weight is 231 g/mol. The van der Waals surface area contributed by atoms with Gasteiger partial charge in [0, 0.05) is 17.6 Å². The maximum absolute atomic E-state index is 13.4. The normalized spacial score (nSPS) is 12.9. The van der Waals surface area contributed by atoms with Crippen molar-refractivity contribution in [1.29, 1.82) is 0 Å². The van der Waals surface area contributed by atoms with Crippen LogP contribution in [0.4, 0.5) is 4.39 Å². The fourth-order valence-corrected chi connectivity index (χ4v) is 1.85. The highest BCUT2D eigenvalue weighted by Crippen LogP contribution is 2.25. The lowest BCUT2D eigenvalue weighted by Gasteiger charge is -2.18. The molecule has 0 radical (unpaired) electrons. The van der Waals surface area contributed by atoms with E-state index >= 15 is 0 Å². The van der Waals surface area contributed by atoms with Gasteiger partial charge in [-0.1, -0.05) is 11.6 Å². The number of aryl methyl sites for hydroxylation is 1. The SMILES string of the molecule is CNCC(NC)c1cc(F)c(C)cc1Cl. The van der Waals surface area contributed by atoms with E-state index in [4.69, 9.17) is 11.6 Å². The summed E-state index contributed by atoms with van der Waals surface area (Å²) in [7, 11) is 3.68. The Morgan fingerprint density at radius 2 is 2.07 bits per heavy atom. The maximum Gasteiger partial charge on any atom is 0.126 e. The lowest BCUT2D eigenvalue weighted by atomic mass is 10.0. The van der Waals surface area contributed by atoms with Crippen molar-refractivity contribution < 1.29 is 4.39 Å². The van der Waals surface area contributed by atoms with Crippen LogP contribution >= 0.6 is 11.6 Å². The largest absolute Gasteiger partial charge is 0.318 e. The average Bonchev–Trinajstić information content (AvgIpc) is 2.20. The van der Waals surface area contributed by atoms with Crippen LogP contribution in [0.1, 0.15) is 17.2 Å². The Morgan fingerprint density at radius 1 is 1.40 bits per heavy atom. The van der Waals surface area contributed by atoms with Crippen molar-refractivity contribution in [3.05, 3.63) is 34.1 Å². The Kier molecular flexibility index (Phi) is 4.51. The van der Waals surface area contributed by atoms with E-state index in [0.717, 1.165) is 5.56 Å². The summed E-state index contributed by atoms with van der Waals surface area (Å²) in [5.74, 6) is -0.217. The maximum atomic E-state index is 13.4. The molecule has 0 heterocycles. The molecule has 2 N–H and O–H groups in total. The van der Waals surface area contributed by atoms with Gasteiger partial charge in [0.1, 0.15) is 5.82 Å². The first-order chi connectivity index (χ1) is 7.10. The molecule has 0 aromatic heterocycles. The first kappa shape index (κ1) is 12.4. The third-order valence-corrected chi connectivity index (χ3v) is 2.74. The second-order valence-electron chi connectivity index (χ2n) is 3.52. The third kappa shape index (κ3) is 2.91. The first-order valence-corrected chi connectivity index (χ1v) is 5.25. The Labute approximate surface area is 94.8 Å². The van der Waals surface area contributed by atoms with Gasteiger partial charge in [0.15, 0.2) is 0 Å². The topological polar surface area (TPSA) is 24.1 Å². The van der Waals surface area contributed by atoms with Gasteiger partial charge in [0.2, 0.25) is 0 Å². The molecule has 1 aromatic rings. The van der Waals surface area contributed by atoms with Crippen molar-refractivity contribution in [2.45, 2.75) is 13.0 Å². The number of hydrogen-bond donors (Lipinski definition) is 2. The van der Waals surface area contributed by atoms with Gasteiger partial charge in [-0.05, 0) is 44.3 Å². The van der Waals surface area contributed by atoms with Crippen LogP contribution in [-0.4, -0.2) is 20.6 Å². The fourth-order valence-electron chi connectivity index (χ4n) is 1.50. The minimum Gasteiger partial charge on any atom is -0.318 e. The van der Waals surface area contributed by atoms with Gasteiger partial charge in [-0.15, -0.1) is 0 Å². The molecular formula is C11H16ClFN2. The molecule has 84 valence electrons. The zero-order valence-electron chi connectivity index (χ0n) is 9.20. The van der Waals surface area contributed by atoms with E-state index in [9.17, 15) is 4.39 Å². The van der Waals surface area contributed by atoms with Gasteiger partial charge in [0.05, 0.1) is 0 Å². The molecule has 0 aliphatic heterocycles. The summed E-state index contributed by atoms with van der Waals surface area (Å²) >= 11 is 6.08. The molecule has 15 heavy (non-hydrogen) atoms. The summed E-state index contributed by atoms with van der Waals surface area (Å²) < 4.78 is 13.4. The van der Waals surface area contributed by atoms with Crippen LogP contribution in [0.25, 0.3) is 0 Å². The standard InChI is InChI=1S/C11H16ClFN2/c1-7-4-9(12)8(5-10(7)13)11(15-3)6-14-2/h4-5,11,14-15H,6H2,1-3H3. The van der Waals surface area contributed by atoms with Crippen LogP contribution in [0.3, 0.4) is 0 Å². The Bertz CT molecular complexity index is 342. The number of rotatable bonds is 4. The van der Waals surface area contributed by atoms with Gasteiger partial charge in [0.25, 0.3) is 0 Å². The highest BCUT2D eigenvalue weighted by molar-refractivity contribution is 6.31. The van der Waals surface area contributed by atoms with Gasteiger partial charge < -0.3 is 10.6 Å². The summed E-state index contributed by atoms with van der Waals surface area (Å²) in [5.41, 5.74) is 1.36. The smallest absolute Gasteiger partial charge is 0.126 e. The molecule has 0 spiro atoms. The van der Waals surface area contributed by atoms with Crippen LogP contribution in [0.15, 0.2) is 12.1 Å². The minimum atomic E-state index is -0.217. The summed E-state index contributed by atoms with van der Waals surface area (Å²) in [6, 6.07) is 3.18. The van der Waals surface area contributed by atoms with Crippen molar-refractivity contribution in [3.63, 3.8) is 0 Å². The van der Waals surface area contributed by atoms with Crippen molar-refractivity contribution >= 4 is 11.6 Å². The van der Waals surface area contributed by atoms with E-state index < -0.39 is 0 Å². The van der Waals surface area contributed by atoms with Gasteiger partial charge in [-0.3, -0.25) is 0 Å². The summed E-state index contributed by atoms with van der Waals surface area (Å²) in [6.45, 7) is 2.41. The number of benzene rings is 1. The van der Waals surface area contributed by atoms with Gasteiger partial charge in [-0.25, -0.2) is 4.39 Å². The molecule has 0 saturated carbocycles. The fraction of sp³-hybridized carbons (Fsp3) is 0.455. The van der Waals surface area contributed by atoms with Crippen LogP contribution in [0.5, 0.6) is 0 Å². The predicted octanol–water partition coefficient (Wildman–Crippen LogP) is 2.27. The molecule has 1 aromatic carbocycles. The molecule has 0 bridgehead atoms. The molecule has 1 unspecified atom stereocenters. The second kappa shape index (κ2) is 5.45. The molecule has 0 aliphatic carbocycles. The summed E-state index contributed by atoms with van der Waals surface area (Å²) in [5, 5.41) is 6.73. The van der Waals surface area contributed by atoms with Gasteiger partial charge >= 0.3 is 0 Å². The molecule has 0 aliphatic rings. The van der Waals surface area contributed by atoms with E-state index in [1.165, 1.54) is 6.07 Å². The van der Waals surface area contributed by atoms with E-state index in [-0.39, 0.29) is 11.9 Å². The summed E-state index contributed by atoms with van der Waals surface area (Å²) in [6.07, 6.45) is 0. The monoisotopic (exact) mass is 230 g/mol. The third-order valence-electron chi connectivity index (χ3n) is 2.41. The van der Waals surface area contributed by atoms with Crippen molar-refractivity contribution in [2.24, 2.45) is 0 Å². The van der Waals surface area contributed by atoms with E-state index in [1.54, 1.807) is 13.0 Å². The Morgan fingerprint density at radius 3 is 2.60 bits per heavy atom. The minimum absolute atomic E-state index is 0.0256. The lowest BCUT2D eigenvalue weighted by molar-refractivity contribution is 0.549. The van der Waals surface area contributed by atoms with E-state index in [1.807, 2.05) is 14.1 Å². The molecule has 2 nitrogen and oxygen atoms in total. The summed E-state index contributed by atoms with van der Waals surface area (Å²) in [4.78, 5) is 0. The lowest BCUT2D eigenvalue weighted by Crippen LogP contribution is -2.27. The highest BCUT2D eigenvalue weighted by Gasteiger charge is 2.14. The molecule has 0 fully saturated rings. The molecule has 4 heteroatoms. The van der Waals surface area contributed by atoms with E-state index in [0.29, 0.717) is 17.1 Å². The number of nitrogens with one attached hydrogen (secondary N) is 2. The molecular weight excluding hydrogens is 215 g/mol. The predicted molar refractivity (Wildman–Crippen MR) is 61.9 cm³/mol. The van der Waals surface area contributed by atoms with Crippen molar-refractivity contribution in [2.75, 3.05) is 20.6 Å². The molecule has 1 atom stereocenters. The second-order valence-corrected chi connectivity index (χ2v) is 3.93. The number of hydrogen-bond acceptors (Lipinski definition) is 2. The Balaban J connectivity index is 3.06. The van der Waals surface area contributed by atoms with Crippen LogP contribution in [-0.2, 0) is 0 Å². The molecule has 0 saturated heterocycles. The first-order valence-electron chi connectivity index (χ1n) is 4.87. The van der Waals surface area contributed by atoms with Crippen molar-refractivity contribution in [1.82, 2.24) is 10.6 Å². The number of halogens is 2. The van der Waals surface area contributed by atoms with Crippen LogP contribution in [0.2, 0.25) is 5.02 Å². The highest BCUT2D eigenvalue weighted by atomic mass is 35.5. The molecule has 1 rings (SSSR count). The zero-order chi connectivity index (χ0) is 11.4. The molecule has 0 amide bonds. The van der Waals surface area contributed by atoms with Crippen LogP contribution < -0.4 is 10.6 Å². The zero-order valence-corrected chi connectivity index (χ0v) is 9.95.